The van der Waals surface area contributed by atoms with Gasteiger partial charge < -0.3 is 9.72 Å². The molecule has 0 unspecified atom stereocenters. The number of pyridine rings is 2. The molecule has 0 saturated carbocycles. The van der Waals surface area contributed by atoms with Crippen LogP contribution in [0, 0.1) is 0 Å². The van der Waals surface area contributed by atoms with Crippen molar-refractivity contribution in [2.45, 2.75) is 6.42 Å². The molecule has 0 fully saturated rings. The second-order valence-electron chi connectivity index (χ2n) is 4.42. The molecule has 5 heteroatoms. The van der Waals surface area contributed by atoms with E-state index < -0.39 is 0 Å². The highest BCUT2D eigenvalue weighted by molar-refractivity contribution is 5.93. The van der Waals surface area contributed by atoms with Gasteiger partial charge in [0.1, 0.15) is 5.82 Å². The van der Waals surface area contributed by atoms with Crippen LogP contribution in [0.25, 0.3) is 5.52 Å². The Labute approximate surface area is 116 Å². The summed E-state index contributed by atoms with van der Waals surface area (Å²) in [6.07, 6.45) is 7.69. The van der Waals surface area contributed by atoms with E-state index in [1.165, 1.54) is 0 Å². The molecule has 3 aromatic rings. The Morgan fingerprint density at radius 2 is 2.15 bits per heavy atom. The maximum absolute atomic E-state index is 11.9. The number of carbonyl (C=O) groups is 1. The van der Waals surface area contributed by atoms with E-state index in [9.17, 15) is 4.79 Å². The van der Waals surface area contributed by atoms with Crippen LogP contribution >= 0.6 is 0 Å². The maximum Gasteiger partial charge on any atom is 0.252 e. The van der Waals surface area contributed by atoms with Crippen LogP contribution in [0.1, 0.15) is 16.2 Å². The van der Waals surface area contributed by atoms with Crippen LogP contribution in [0.5, 0.6) is 0 Å². The molecule has 0 aliphatic rings. The molecule has 0 atom stereocenters. The lowest BCUT2D eigenvalue weighted by Gasteiger charge is -2.04. The number of hydrogen-bond acceptors (Lipinski definition) is 3. The number of carbonyl (C=O) groups excluding carboxylic acids is 1. The number of rotatable bonds is 4. The standard InChI is InChI=1S/C15H14N4O/c20-15(12-4-3-7-16-10-12)17-8-6-14-18-11-13-5-1-2-9-19(13)14/h1-5,7,9-11H,6,8H2,(H,17,20). The lowest BCUT2D eigenvalue weighted by molar-refractivity contribution is 0.0953. The van der Waals surface area contributed by atoms with Crippen molar-refractivity contribution in [1.82, 2.24) is 19.7 Å². The van der Waals surface area contributed by atoms with Crippen LogP contribution in [0.3, 0.4) is 0 Å². The number of nitrogens with one attached hydrogen (secondary N) is 1. The molecule has 0 spiro atoms. The third kappa shape index (κ3) is 2.51. The molecule has 1 N–H and O–H groups in total. The number of hydrogen-bond donors (Lipinski definition) is 1. The lowest BCUT2D eigenvalue weighted by Crippen LogP contribution is -2.26. The van der Waals surface area contributed by atoms with Crippen LogP contribution < -0.4 is 5.32 Å². The van der Waals surface area contributed by atoms with Crippen LogP contribution in [0.4, 0.5) is 0 Å². The molecule has 1 amide bonds. The van der Waals surface area contributed by atoms with Gasteiger partial charge in [-0.3, -0.25) is 9.78 Å². The monoisotopic (exact) mass is 266 g/mol. The second-order valence-corrected chi connectivity index (χ2v) is 4.42. The second kappa shape index (κ2) is 5.52. The normalized spacial score (nSPS) is 10.6. The van der Waals surface area contributed by atoms with E-state index in [1.54, 1.807) is 24.5 Å². The molecule has 5 nitrogen and oxygen atoms in total. The minimum absolute atomic E-state index is 0.112. The van der Waals surface area contributed by atoms with Gasteiger partial charge in [-0.15, -0.1) is 0 Å². The number of amides is 1. The van der Waals surface area contributed by atoms with Gasteiger partial charge in [-0.2, -0.15) is 0 Å². The number of aromatic nitrogens is 3. The highest BCUT2D eigenvalue weighted by Gasteiger charge is 2.06. The maximum atomic E-state index is 11.9. The van der Waals surface area contributed by atoms with Crippen LogP contribution in [0.2, 0.25) is 0 Å². The Morgan fingerprint density at radius 3 is 3.00 bits per heavy atom. The molecular weight excluding hydrogens is 252 g/mol. The summed E-state index contributed by atoms with van der Waals surface area (Å²) in [6.45, 7) is 0.543. The highest BCUT2D eigenvalue weighted by Crippen LogP contribution is 2.06. The first-order chi connectivity index (χ1) is 9.84. The zero-order chi connectivity index (χ0) is 13.8. The fraction of sp³-hybridized carbons (Fsp3) is 0.133. The average Bonchev–Trinajstić information content (AvgIpc) is 2.92. The number of imidazole rings is 1. The lowest BCUT2D eigenvalue weighted by atomic mass is 10.2. The van der Waals surface area contributed by atoms with E-state index in [-0.39, 0.29) is 5.91 Å². The first-order valence-corrected chi connectivity index (χ1v) is 6.44. The van der Waals surface area contributed by atoms with Crippen molar-refractivity contribution in [2.75, 3.05) is 6.54 Å². The van der Waals surface area contributed by atoms with Gasteiger partial charge in [0, 0.05) is 31.6 Å². The molecule has 0 radical (unpaired) electrons. The summed E-state index contributed by atoms with van der Waals surface area (Å²) in [7, 11) is 0. The van der Waals surface area contributed by atoms with Gasteiger partial charge in [0.25, 0.3) is 5.91 Å². The molecule has 0 aliphatic carbocycles. The molecule has 100 valence electrons. The van der Waals surface area contributed by atoms with Gasteiger partial charge >= 0.3 is 0 Å². The largest absolute Gasteiger partial charge is 0.352 e. The average molecular weight is 266 g/mol. The summed E-state index contributed by atoms with van der Waals surface area (Å²) >= 11 is 0. The van der Waals surface area contributed by atoms with E-state index in [0.29, 0.717) is 18.5 Å². The van der Waals surface area contributed by atoms with Gasteiger partial charge in [-0.25, -0.2) is 4.98 Å². The predicted octanol–water partition coefficient (Wildman–Crippen LogP) is 1.70. The summed E-state index contributed by atoms with van der Waals surface area (Å²) < 4.78 is 2.02. The molecule has 0 saturated heterocycles. The first kappa shape index (κ1) is 12.3. The Balaban J connectivity index is 1.62. The van der Waals surface area contributed by atoms with Crippen molar-refractivity contribution >= 4 is 11.4 Å². The zero-order valence-electron chi connectivity index (χ0n) is 10.9. The van der Waals surface area contributed by atoms with Crippen molar-refractivity contribution in [3.63, 3.8) is 0 Å². The van der Waals surface area contributed by atoms with E-state index in [1.807, 2.05) is 35.0 Å². The van der Waals surface area contributed by atoms with Crippen LogP contribution in [-0.2, 0) is 6.42 Å². The third-order valence-electron chi connectivity index (χ3n) is 3.07. The SMILES string of the molecule is O=C(NCCc1ncc2ccccn12)c1cccnc1. The van der Waals surface area contributed by atoms with Crippen molar-refractivity contribution < 1.29 is 4.79 Å². The Hall–Kier alpha value is -2.69. The van der Waals surface area contributed by atoms with E-state index in [2.05, 4.69) is 15.3 Å². The van der Waals surface area contributed by atoms with Crippen LogP contribution in [-0.4, -0.2) is 26.8 Å². The Morgan fingerprint density at radius 1 is 1.20 bits per heavy atom. The fourth-order valence-electron chi connectivity index (χ4n) is 2.07. The van der Waals surface area contributed by atoms with Crippen molar-refractivity contribution in [3.05, 3.63) is 66.5 Å². The molecule has 0 aromatic carbocycles. The summed E-state index contributed by atoms with van der Waals surface area (Å²) in [5, 5.41) is 2.87. The third-order valence-corrected chi connectivity index (χ3v) is 3.07. The minimum Gasteiger partial charge on any atom is -0.352 e. The van der Waals surface area contributed by atoms with Crippen molar-refractivity contribution in [2.24, 2.45) is 0 Å². The number of nitrogens with zero attached hydrogens (tertiary/aromatic N) is 3. The molecular formula is C15H14N4O. The molecule has 0 bridgehead atoms. The molecule has 3 rings (SSSR count). The van der Waals surface area contributed by atoms with Crippen molar-refractivity contribution in [1.29, 1.82) is 0 Å². The van der Waals surface area contributed by atoms with Gasteiger partial charge in [-0.05, 0) is 24.3 Å². The summed E-state index contributed by atoms with van der Waals surface area (Å²) in [5.41, 5.74) is 1.63. The van der Waals surface area contributed by atoms with Gasteiger partial charge in [0.05, 0.1) is 17.3 Å². The fourth-order valence-corrected chi connectivity index (χ4v) is 2.07. The summed E-state index contributed by atoms with van der Waals surface area (Å²) in [6, 6.07) is 9.44. The predicted molar refractivity (Wildman–Crippen MR) is 75.5 cm³/mol. The van der Waals surface area contributed by atoms with E-state index >= 15 is 0 Å². The van der Waals surface area contributed by atoms with Crippen LogP contribution in [0.15, 0.2) is 55.1 Å². The highest BCUT2D eigenvalue weighted by atomic mass is 16.1. The van der Waals surface area contributed by atoms with Gasteiger partial charge in [0.15, 0.2) is 0 Å². The molecule has 3 heterocycles. The smallest absolute Gasteiger partial charge is 0.252 e. The minimum atomic E-state index is -0.112. The zero-order valence-corrected chi connectivity index (χ0v) is 10.9. The Kier molecular flexibility index (Phi) is 3.41. The Bertz CT molecular complexity index is 721. The van der Waals surface area contributed by atoms with E-state index in [4.69, 9.17) is 0 Å². The van der Waals surface area contributed by atoms with E-state index in [0.717, 1.165) is 11.3 Å². The topological polar surface area (TPSA) is 59.3 Å². The molecule has 3 aromatic heterocycles. The van der Waals surface area contributed by atoms with Crippen molar-refractivity contribution in [3.8, 4) is 0 Å². The van der Waals surface area contributed by atoms with Gasteiger partial charge in [0.2, 0.25) is 0 Å². The molecule has 20 heavy (non-hydrogen) atoms. The molecule has 0 aliphatic heterocycles. The quantitative estimate of drug-likeness (QED) is 0.782. The summed E-state index contributed by atoms with van der Waals surface area (Å²) in [4.78, 5) is 20.2. The summed E-state index contributed by atoms with van der Waals surface area (Å²) in [5.74, 6) is 0.825. The first-order valence-electron chi connectivity index (χ1n) is 6.44. The number of fused-ring (bicyclic) bond motifs is 1. The van der Waals surface area contributed by atoms with Gasteiger partial charge in [-0.1, -0.05) is 6.07 Å².